The van der Waals surface area contributed by atoms with E-state index in [0.29, 0.717) is 17.3 Å². The van der Waals surface area contributed by atoms with Crippen LogP contribution in [0.1, 0.15) is 42.9 Å². The number of aromatic nitrogens is 2. The van der Waals surface area contributed by atoms with E-state index in [1.165, 1.54) is 12.8 Å². The van der Waals surface area contributed by atoms with Crippen LogP contribution in [0.15, 0.2) is 0 Å². The Morgan fingerprint density at radius 2 is 2.19 bits per heavy atom. The van der Waals surface area contributed by atoms with Crippen molar-refractivity contribution in [3.63, 3.8) is 0 Å². The molecular weight excluding hydrogens is 206 g/mol. The summed E-state index contributed by atoms with van der Waals surface area (Å²) in [5.74, 6) is 0.0427. The molecular formula is C11H17N3O2. The fourth-order valence-corrected chi connectivity index (χ4v) is 2.46. The first kappa shape index (κ1) is 11.0. The number of nitrogens with zero attached hydrogens (tertiary/aromatic N) is 2. The van der Waals surface area contributed by atoms with Crippen molar-refractivity contribution in [1.82, 2.24) is 9.78 Å². The SMILES string of the molecule is Cn1nc(C2CCCC2)c(CC(=O)O)c1N. The summed E-state index contributed by atoms with van der Waals surface area (Å²) in [5, 5.41) is 13.2. The van der Waals surface area contributed by atoms with Crippen LogP contribution in [-0.2, 0) is 18.3 Å². The third-order valence-electron chi connectivity index (χ3n) is 3.29. The number of carboxylic acid groups (broad SMARTS) is 1. The maximum atomic E-state index is 10.8. The number of hydrogen-bond acceptors (Lipinski definition) is 3. The third-order valence-corrected chi connectivity index (χ3v) is 3.29. The minimum absolute atomic E-state index is 0.0223. The van der Waals surface area contributed by atoms with Crippen LogP contribution >= 0.6 is 0 Å². The number of nitrogen functional groups attached to an aromatic ring is 1. The smallest absolute Gasteiger partial charge is 0.308 e. The highest BCUT2D eigenvalue weighted by Gasteiger charge is 2.26. The summed E-state index contributed by atoms with van der Waals surface area (Å²) in [4.78, 5) is 10.8. The molecule has 1 aliphatic carbocycles. The summed E-state index contributed by atoms with van der Waals surface area (Å²) in [7, 11) is 1.76. The Bertz CT molecular complexity index is 406. The van der Waals surface area contributed by atoms with Crippen LogP contribution < -0.4 is 5.73 Å². The Balaban J connectivity index is 2.35. The second kappa shape index (κ2) is 4.15. The van der Waals surface area contributed by atoms with Crippen molar-refractivity contribution in [3.05, 3.63) is 11.3 Å². The zero-order valence-electron chi connectivity index (χ0n) is 9.44. The Morgan fingerprint density at radius 3 is 2.75 bits per heavy atom. The zero-order chi connectivity index (χ0) is 11.7. The highest BCUT2D eigenvalue weighted by Crippen LogP contribution is 2.36. The number of hydrogen-bond donors (Lipinski definition) is 2. The van der Waals surface area contributed by atoms with E-state index in [1.807, 2.05) is 0 Å². The first-order chi connectivity index (χ1) is 7.59. The van der Waals surface area contributed by atoms with E-state index < -0.39 is 5.97 Å². The van der Waals surface area contributed by atoms with E-state index >= 15 is 0 Å². The van der Waals surface area contributed by atoms with Crippen molar-refractivity contribution in [1.29, 1.82) is 0 Å². The fraction of sp³-hybridized carbons (Fsp3) is 0.636. The summed E-state index contributed by atoms with van der Waals surface area (Å²) in [6.07, 6.45) is 4.58. The predicted molar refractivity (Wildman–Crippen MR) is 60.2 cm³/mol. The number of aryl methyl sites for hydroxylation is 1. The minimum Gasteiger partial charge on any atom is -0.481 e. The van der Waals surface area contributed by atoms with Crippen molar-refractivity contribution in [2.75, 3.05) is 5.73 Å². The maximum Gasteiger partial charge on any atom is 0.308 e. The highest BCUT2D eigenvalue weighted by molar-refractivity contribution is 5.73. The molecule has 5 heteroatoms. The highest BCUT2D eigenvalue weighted by atomic mass is 16.4. The topological polar surface area (TPSA) is 81.1 Å². The third kappa shape index (κ3) is 1.89. The van der Waals surface area contributed by atoms with E-state index in [4.69, 9.17) is 10.8 Å². The van der Waals surface area contributed by atoms with Crippen LogP contribution in [0.2, 0.25) is 0 Å². The van der Waals surface area contributed by atoms with Gasteiger partial charge in [0.25, 0.3) is 0 Å². The number of anilines is 1. The molecule has 88 valence electrons. The molecule has 0 saturated heterocycles. The average Bonchev–Trinajstić information content (AvgIpc) is 2.81. The first-order valence-corrected chi connectivity index (χ1v) is 5.62. The van der Waals surface area contributed by atoms with E-state index in [9.17, 15) is 4.79 Å². The lowest BCUT2D eigenvalue weighted by atomic mass is 9.98. The first-order valence-electron chi connectivity index (χ1n) is 5.62. The van der Waals surface area contributed by atoms with Crippen LogP contribution in [0.4, 0.5) is 5.82 Å². The molecule has 1 aromatic heterocycles. The quantitative estimate of drug-likeness (QED) is 0.809. The van der Waals surface area contributed by atoms with Gasteiger partial charge in [-0.3, -0.25) is 9.48 Å². The lowest BCUT2D eigenvalue weighted by Gasteiger charge is -2.07. The Labute approximate surface area is 94.2 Å². The summed E-state index contributed by atoms with van der Waals surface area (Å²) >= 11 is 0. The molecule has 16 heavy (non-hydrogen) atoms. The molecule has 0 aliphatic heterocycles. The molecule has 5 nitrogen and oxygen atoms in total. The standard InChI is InChI=1S/C11H17N3O2/c1-14-11(12)8(6-9(15)16)10(13-14)7-4-2-3-5-7/h7H,2-6,12H2,1H3,(H,15,16). The van der Waals surface area contributed by atoms with E-state index in [1.54, 1.807) is 11.7 Å². The van der Waals surface area contributed by atoms with Gasteiger partial charge in [-0.25, -0.2) is 0 Å². The molecule has 1 aliphatic rings. The zero-order valence-corrected chi connectivity index (χ0v) is 9.44. The Hall–Kier alpha value is -1.52. The second-order valence-electron chi connectivity index (χ2n) is 4.42. The molecule has 0 atom stereocenters. The van der Waals surface area contributed by atoms with Gasteiger partial charge in [0.2, 0.25) is 0 Å². The monoisotopic (exact) mass is 223 g/mol. The van der Waals surface area contributed by atoms with Crippen molar-refractivity contribution < 1.29 is 9.90 Å². The van der Waals surface area contributed by atoms with E-state index in [2.05, 4.69) is 5.10 Å². The minimum atomic E-state index is -0.848. The largest absolute Gasteiger partial charge is 0.481 e. The number of carbonyl (C=O) groups is 1. The van der Waals surface area contributed by atoms with Crippen LogP contribution in [0.5, 0.6) is 0 Å². The molecule has 0 radical (unpaired) electrons. The molecule has 0 spiro atoms. The summed E-state index contributed by atoms with van der Waals surface area (Å²) in [6, 6.07) is 0. The van der Waals surface area contributed by atoms with E-state index in [0.717, 1.165) is 18.5 Å². The van der Waals surface area contributed by atoms with Crippen molar-refractivity contribution >= 4 is 11.8 Å². The van der Waals surface area contributed by atoms with Crippen LogP contribution in [0.3, 0.4) is 0 Å². The lowest BCUT2D eigenvalue weighted by molar-refractivity contribution is -0.136. The van der Waals surface area contributed by atoms with Gasteiger partial charge in [-0.1, -0.05) is 12.8 Å². The molecule has 1 heterocycles. The van der Waals surface area contributed by atoms with Crippen LogP contribution in [-0.4, -0.2) is 20.9 Å². The number of carboxylic acids is 1. The maximum absolute atomic E-state index is 10.8. The van der Waals surface area contributed by atoms with Crippen LogP contribution in [0, 0.1) is 0 Å². The number of aliphatic carboxylic acids is 1. The van der Waals surface area contributed by atoms with Crippen molar-refractivity contribution in [2.24, 2.45) is 7.05 Å². The van der Waals surface area contributed by atoms with Gasteiger partial charge < -0.3 is 10.8 Å². The summed E-state index contributed by atoms with van der Waals surface area (Å²) in [6.45, 7) is 0. The number of rotatable bonds is 3. The average molecular weight is 223 g/mol. The molecule has 1 fully saturated rings. The van der Waals surface area contributed by atoms with Gasteiger partial charge >= 0.3 is 5.97 Å². The molecule has 1 saturated carbocycles. The molecule has 0 unspecified atom stereocenters. The van der Waals surface area contributed by atoms with Crippen molar-refractivity contribution in [2.45, 2.75) is 38.0 Å². The Morgan fingerprint density at radius 1 is 1.56 bits per heavy atom. The molecule has 3 N–H and O–H groups in total. The Kier molecular flexibility index (Phi) is 2.85. The lowest BCUT2D eigenvalue weighted by Crippen LogP contribution is -2.06. The van der Waals surface area contributed by atoms with Crippen molar-refractivity contribution in [3.8, 4) is 0 Å². The summed E-state index contributed by atoms with van der Waals surface area (Å²) < 4.78 is 1.59. The van der Waals surface area contributed by atoms with Gasteiger partial charge in [0.05, 0.1) is 12.1 Å². The number of nitrogens with two attached hydrogens (primary N) is 1. The molecule has 2 rings (SSSR count). The van der Waals surface area contributed by atoms with Gasteiger partial charge in [0.15, 0.2) is 0 Å². The molecule has 0 bridgehead atoms. The second-order valence-corrected chi connectivity index (χ2v) is 4.42. The van der Waals surface area contributed by atoms with Gasteiger partial charge in [-0.05, 0) is 12.8 Å². The van der Waals surface area contributed by atoms with Gasteiger partial charge in [0, 0.05) is 18.5 Å². The van der Waals surface area contributed by atoms with Gasteiger partial charge in [-0.2, -0.15) is 5.10 Å². The fourth-order valence-electron chi connectivity index (χ4n) is 2.46. The molecule has 0 amide bonds. The predicted octanol–water partition coefficient (Wildman–Crippen LogP) is 1.29. The van der Waals surface area contributed by atoms with Gasteiger partial charge in [-0.15, -0.1) is 0 Å². The van der Waals surface area contributed by atoms with E-state index in [-0.39, 0.29) is 6.42 Å². The summed E-state index contributed by atoms with van der Waals surface area (Å²) in [5.41, 5.74) is 7.47. The molecule has 0 aromatic carbocycles. The molecule has 1 aromatic rings. The van der Waals surface area contributed by atoms with Gasteiger partial charge in [0.1, 0.15) is 5.82 Å². The normalized spacial score (nSPS) is 16.8. The van der Waals surface area contributed by atoms with Crippen LogP contribution in [0.25, 0.3) is 0 Å².